The molecule has 3 aliphatic heterocycles. The van der Waals surface area contributed by atoms with Gasteiger partial charge < -0.3 is 14.5 Å². The fourth-order valence-electron chi connectivity index (χ4n) is 10.1. The van der Waals surface area contributed by atoms with Gasteiger partial charge in [0.15, 0.2) is 0 Å². The van der Waals surface area contributed by atoms with Crippen LogP contribution in [0.1, 0.15) is 117 Å². The number of hydrogen-bond donors (Lipinski definition) is 0. The van der Waals surface area contributed by atoms with E-state index in [0.29, 0.717) is 5.92 Å². The minimum Gasteiger partial charge on any atom is -0.461 e. The zero-order valence-electron chi connectivity index (χ0n) is 36.9. The molecule has 58 heavy (non-hydrogen) atoms. The van der Waals surface area contributed by atoms with E-state index < -0.39 is 0 Å². The molecule has 4 heterocycles. The number of fused-ring (bicyclic) bond motifs is 5. The van der Waals surface area contributed by atoms with Crippen LogP contribution in [0.5, 0.6) is 5.75 Å². The molecule has 9 rings (SSSR count). The highest BCUT2D eigenvalue weighted by molar-refractivity contribution is 7.29. The standard InChI is InChI=1S/C53H59BN2OS/c1-32-46(53(12,13)39-17-14-15-20-44(39)57-32)45-33(2)58-49-48(45)56(38-28-23-35(24-29-38)51(6,7)8)43-19-16-18-42-47(43)54(49)40-31-36(52(9,10)11)25-30-41(40)55(42)37-26-21-34(22-27-37)50(3,4)5/h14-21,23-31,34H,22H2,1-13H3. The van der Waals surface area contributed by atoms with Gasteiger partial charge in [-0.15, -0.1) is 0 Å². The molecular formula is C53H59BN2OS. The number of rotatable bonds is 3. The van der Waals surface area contributed by atoms with Crippen LogP contribution in [0.4, 0.5) is 28.4 Å². The molecule has 4 aliphatic rings. The molecule has 0 bridgehead atoms. The number of hydrogen-bond acceptors (Lipinski definition) is 4. The van der Waals surface area contributed by atoms with Gasteiger partial charge in [0, 0.05) is 60.2 Å². The molecule has 5 heteroatoms. The quantitative estimate of drug-likeness (QED) is 0.166. The van der Waals surface area contributed by atoms with E-state index in [1.54, 1.807) is 0 Å². The Labute approximate surface area is 352 Å². The van der Waals surface area contributed by atoms with Gasteiger partial charge in [-0.05, 0) is 107 Å². The SMILES string of the molecule is CC1=C(c2c(C)sc3c2N(c2ccc(C(C)(C)C)cc2)c2cccc4c2B3c2cc(C(C)(C)C)ccc2N4C2=CCC(C(C)(C)C)C=C2)C(C)(C)c2ccccc2O1. The average molecular weight is 783 g/mol. The highest BCUT2D eigenvalue weighted by atomic mass is 32.1. The summed E-state index contributed by atoms with van der Waals surface area (Å²) in [6.45, 7) is 30.3. The van der Waals surface area contributed by atoms with Crippen LogP contribution in [0.3, 0.4) is 0 Å². The van der Waals surface area contributed by atoms with Gasteiger partial charge >= 0.3 is 0 Å². The van der Waals surface area contributed by atoms with Crippen molar-refractivity contribution in [2.45, 2.75) is 113 Å². The van der Waals surface area contributed by atoms with Crippen molar-refractivity contribution >= 4 is 67.8 Å². The van der Waals surface area contributed by atoms with E-state index in [4.69, 9.17) is 4.74 Å². The van der Waals surface area contributed by atoms with E-state index in [1.165, 1.54) is 82.5 Å². The summed E-state index contributed by atoms with van der Waals surface area (Å²) in [4.78, 5) is 6.49. The summed E-state index contributed by atoms with van der Waals surface area (Å²) in [6.07, 6.45) is 8.36. The minimum atomic E-state index is -0.284. The van der Waals surface area contributed by atoms with Crippen molar-refractivity contribution in [2.75, 3.05) is 9.80 Å². The van der Waals surface area contributed by atoms with Crippen molar-refractivity contribution in [1.82, 2.24) is 0 Å². The van der Waals surface area contributed by atoms with Gasteiger partial charge in [0.25, 0.3) is 6.71 Å². The molecule has 296 valence electrons. The normalized spacial score (nSPS) is 18.3. The summed E-state index contributed by atoms with van der Waals surface area (Å²) < 4.78 is 8.16. The topological polar surface area (TPSA) is 15.7 Å². The molecule has 0 radical (unpaired) electrons. The second kappa shape index (κ2) is 13.1. The zero-order valence-corrected chi connectivity index (χ0v) is 37.7. The Kier molecular flexibility index (Phi) is 8.78. The fraction of sp³-hybridized carbons (Fsp3) is 0.358. The Morgan fingerprint density at radius 3 is 2.03 bits per heavy atom. The van der Waals surface area contributed by atoms with Crippen LogP contribution in [0.15, 0.2) is 115 Å². The van der Waals surface area contributed by atoms with Crippen LogP contribution >= 0.6 is 11.3 Å². The lowest BCUT2D eigenvalue weighted by molar-refractivity contribution is 0.293. The third-order valence-electron chi connectivity index (χ3n) is 13.3. The van der Waals surface area contributed by atoms with Crippen molar-refractivity contribution in [2.24, 2.45) is 11.3 Å². The van der Waals surface area contributed by atoms with Crippen molar-refractivity contribution in [3.63, 3.8) is 0 Å². The van der Waals surface area contributed by atoms with Gasteiger partial charge in [0.2, 0.25) is 0 Å². The van der Waals surface area contributed by atoms with Crippen LogP contribution in [0, 0.1) is 18.3 Å². The maximum atomic E-state index is 6.76. The molecule has 1 atom stereocenters. The Hall–Kier alpha value is -4.74. The van der Waals surface area contributed by atoms with E-state index in [-0.39, 0.29) is 28.4 Å². The largest absolute Gasteiger partial charge is 0.461 e. The molecular weight excluding hydrogens is 723 g/mol. The lowest BCUT2D eigenvalue weighted by Crippen LogP contribution is -2.61. The highest BCUT2D eigenvalue weighted by Crippen LogP contribution is 2.55. The van der Waals surface area contributed by atoms with E-state index in [1.807, 2.05) is 11.3 Å². The molecule has 4 aromatic carbocycles. The number of anilines is 5. The third kappa shape index (κ3) is 5.97. The van der Waals surface area contributed by atoms with E-state index in [9.17, 15) is 0 Å². The van der Waals surface area contributed by atoms with Gasteiger partial charge in [0.1, 0.15) is 11.5 Å². The molecule has 0 amide bonds. The van der Waals surface area contributed by atoms with E-state index in [0.717, 1.165) is 17.9 Å². The lowest BCUT2D eigenvalue weighted by atomic mass is 9.36. The minimum absolute atomic E-state index is 0.00275. The second-order valence-corrected chi connectivity index (χ2v) is 22.0. The number of ether oxygens (including phenoxy) is 1. The Morgan fingerprint density at radius 1 is 0.741 bits per heavy atom. The highest BCUT2D eigenvalue weighted by Gasteiger charge is 2.48. The number of allylic oxidation sites excluding steroid dienone is 5. The first kappa shape index (κ1) is 38.8. The second-order valence-electron chi connectivity index (χ2n) is 20.7. The first-order valence-corrected chi connectivity index (χ1v) is 22.1. The fourth-order valence-corrected chi connectivity index (χ4v) is 11.3. The Morgan fingerprint density at radius 2 is 1.40 bits per heavy atom. The molecule has 0 saturated carbocycles. The van der Waals surface area contributed by atoms with Crippen LogP contribution < -0.4 is 30.2 Å². The zero-order chi connectivity index (χ0) is 41.3. The monoisotopic (exact) mass is 782 g/mol. The van der Waals surface area contributed by atoms with Crippen molar-refractivity contribution in [1.29, 1.82) is 0 Å². The number of benzene rings is 4. The van der Waals surface area contributed by atoms with Crippen molar-refractivity contribution in [3.05, 3.63) is 142 Å². The number of thiophene rings is 1. The molecule has 1 aromatic heterocycles. The Bertz CT molecular complexity index is 2580. The van der Waals surface area contributed by atoms with Gasteiger partial charge in [-0.3, -0.25) is 0 Å². The molecule has 0 spiro atoms. The first-order valence-electron chi connectivity index (χ1n) is 21.3. The number of para-hydroxylation sites is 1. The predicted molar refractivity (Wildman–Crippen MR) is 252 cm³/mol. The van der Waals surface area contributed by atoms with Crippen molar-refractivity contribution in [3.8, 4) is 5.75 Å². The summed E-state index contributed by atoms with van der Waals surface area (Å²) in [6, 6.07) is 32.3. The van der Waals surface area contributed by atoms with Crippen LogP contribution in [-0.2, 0) is 16.2 Å². The molecule has 3 nitrogen and oxygen atoms in total. The molecule has 5 aromatic rings. The smallest absolute Gasteiger partial charge is 0.264 e. The van der Waals surface area contributed by atoms with Gasteiger partial charge in [-0.1, -0.05) is 137 Å². The number of nitrogens with zero attached hydrogens (tertiary/aromatic N) is 2. The maximum Gasteiger partial charge on any atom is 0.264 e. The summed E-state index contributed by atoms with van der Waals surface area (Å²) in [5.74, 6) is 2.43. The van der Waals surface area contributed by atoms with Crippen LogP contribution in [0.25, 0.3) is 5.57 Å². The lowest BCUT2D eigenvalue weighted by Gasteiger charge is -2.45. The predicted octanol–water partition coefficient (Wildman–Crippen LogP) is 13.0. The van der Waals surface area contributed by atoms with Gasteiger partial charge in [-0.2, -0.15) is 11.3 Å². The summed E-state index contributed by atoms with van der Waals surface area (Å²) in [5.41, 5.74) is 16.7. The van der Waals surface area contributed by atoms with Gasteiger partial charge in [0.05, 0.1) is 5.69 Å². The van der Waals surface area contributed by atoms with Gasteiger partial charge in [-0.25, -0.2) is 0 Å². The third-order valence-corrected chi connectivity index (χ3v) is 14.5. The molecule has 0 fully saturated rings. The number of aryl methyl sites for hydroxylation is 1. The van der Waals surface area contributed by atoms with E-state index in [2.05, 4.69) is 203 Å². The Balaban J connectivity index is 1.35. The summed E-state index contributed by atoms with van der Waals surface area (Å²) in [5, 5.41) is 0. The first-order chi connectivity index (χ1) is 27.3. The van der Waals surface area contributed by atoms with E-state index >= 15 is 0 Å². The average Bonchev–Trinajstić information content (AvgIpc) is 3.48. The molecule has 0 saturated heterocycles. The van der Waals surface area contributed by atoms with Crippen LogP contribution in [-0.4, -0.2) is 6.71 Å². The molecule has 1 aliphatic carbocycles. The summed E-state index contributed by atoms with van der Waals surface area (Å²) in [7, 11) is 0. The molecule has 0 N–H and O–H groups in total. The maximum absolute atomic E-state index is 6.76. The summed E-state index contributed by atoms with van der Waals surface area (Å²) >= 11 is 1.98. The van der Waals surface area contributed by atoms with Crippen molar-refractivity contribution < 1.29 is 4.74 Å². The molecule has 1 unspecified atom stereocenters. The van der Waals surface area contributed by atoms with Crippen LogP contribution in [0.2, 0.25) is 0 Å².